The molecule has 9 atom stereocenters. The minimum atomic E-state index is -1.35. The lowest BCUT2D eigenvalue weighted by molar-refractivity contribution is -0.349. The highest BCUT2D eigenvalue weighted by atomic mass is 16.8. The van der Waals surface area contributed by atoms with Gasteiger partial charge in [0.05, 0.1) is 25.4 Å². The molecule has 0 aromatic carbocycles. The van der Waals surface area contributed by atoms with Crippen molar-refractivity contribution >= 4 is 5.97 Å². The van der Waals surface area contributed by atoms with Gasteiger partial charge in [-0.2, -0.15) is 0 Å². The van der Waals surface area contributed by atoms with E-state index < -0.39 is 61.8 Å². The minimum absolute atomic E-state index is 0.0775. The van der Waals surface area contributed by atoms with E-state index in [2.05, 4.69) is 0 Å². The minimum Gasteiger partial charge on any atom is -0.481 e. The van der Waals surface area contributed by atoms with Crippen molar-refractivity contribution in [3.8, 4) is 0 Å². The second-order valence-corrected chi connectivity index (χ2v) is 8.25. The topological polar surface area (TPSA) is 175 Å². The van der Waals surface area contributed by atoms with Gasteiger partial charge < -0.3 is 49.6 Å². The summed E-state index contributed by atoms with van der Waals surface area (Å²) in [5.41, 5.74) is 0. The first-order valence-electron chi connectivity index (χ1n) is 10.9. The molecule has 11 nitrogen and oxygen atoms in total. The maximum Gasteiger partial charge on any atom is 0.303 e. The van der Waals surface area contributed by atoms with Gasteiger partial charge in [0, 0.05) is 12.8 Å². The average molecular weight is 452 g/mol. The van der Waals surface area contributed by atoms with Crippen LogP contribution in [0.2, 0.25) is 0 Å². The van der Waals surface area contributed by atoms with Gasteiger partial charge in [0.15, 0.2) is 12.6 Å². The average Bonchev–Trinajstić information content (AvgIpc) is 2.71. The lowest BCUT2D eigenvalue weighted by Crippen LogP contribution is -2.59. The predicted octanol–water partition coefficient (Wildman–Crippen LogP) is -0.891. The Balaban J connectivity index is 1.86. The van der Waals surface area contributed by atoms with E-state index in [-0.39, 0.29) is 25.6 Å². The molecule has 0 radical (unpaired) electrons. The van der Waals surface area contributed by atoms with E-state index in [1.807, 2.05) is 6.92 Å². The molecule has 0 saturated carbocycles. The zero-order valence-corrected chi connectivity index (χ0v) is 17.8. The van der Waals surface area contributed by atoms with E-state index in [1.54, 1.807) is 0 Å². The van der Waals surface area contributed by atoms with E-state index in [4.69, 9.17) is 24.1 Å². The van der Waals surface area contributed by atoms with Gasteiger partial charge in [0.25, 0.3) is 0 Å². The Kier molecular flexibility index (Phi) is 11.0. The lowest BCUT2D eigenvalue weighted by atomic mass is 10.0. The first-order valence-corrected chi connectivity index (χ1v) is 10.9. The third-order valence-corrected chi connectivity index (χ3v) is 5.55. The fraction of sp³-hybridized carbons (Fsp3) is 0.950. The number of aliphatic hydroxyl groups excluding tert-OH is 5. The van der Waals surface area contributed by atoms with E-state index in [1.165, 1.54) is 0 Å². The summed E-state index contributed by atoms with van der Waals surface area (Å²) in [5, 5.41) is 58.3. The zero-order valence-electron chi connectivity index (χ0n) is 17.8. The molecule has 2 rings (SSSR count). The van der Waals surface area contributed by atoms with Crippen molar-refractivity contribution in [2.45, 2.75) is 107 Å². The number of aliphatic carboxylic acids is 1. The molecule has 2 heterocycles. The first kappa shape index (κ1) is 26.4. The van der Waals surface area contributed by atoms with Crippen LogP contribution in [-0.4, -0.2) is 105 Å². The number of carboxylic acids is 1. The summed E-state index contributed by atoms with van der Waals surface area (Å²) in [6.07, 6.45) is -5.56. The third kappa shape index (κ3) is 8.19. The van der Waals surface area contributed by atoms with Crippen LogP contribution < -0.4 is 0 Å². The summed E-state index contributed by atoms with van der Waals surface area (Å²) in [5.74, 6) is -0.801. The van der Waals surface area contributed by atoms with Crippen molar-refractivity contribution in [3.63, 3.8) is 0 Å². The van der Waals surface area contributed by atoms with Crippen LogP contribution in [0.25, 0.3) is 0 Å². The molecular formula is C20H36O11. The fourth-order valence-electron chi connectivity index (χ4n) is 3.69. The van der Waals surface area contributed by atoms with Crippen molar-refractivity contribution in [1.29, 1.82) is 0 Å². The van der Waals surface area contributed by atoms with Crippen molar-refractivity contribution < 1.29 is 54.4 Å². The van der Waals surface area contributed by atoms with E-state index >= 15 is 0 Å². The Bertz CT molecular complexity index is 533. The van der Waals surface area contributed by atoms with Crippen LogP contribution in [0, 0.1) is 0 Å². The maximum absolute atomic E-state index is 10.5. The molecule has 0 amide bonds. The number of rotatable bonds is 12. The molecule has 0 aliphatic carbocycles. The van der Waals surface area contributed by atoms with Crippen molar-refractivity contribution in [1.82, 2.24) is 0 Å². The molecule has 6 N–H and O–H groups in total. The summed E-state index contributed by atoms with van der Waals surface area (Å²) in [7, 11) is 0. The SMILES string of the molecule is CC(CCCCCCC(=O)O)OC1OCC(O)C(O)C1OC1OC(CO)C(O)CC1O. The number of carbonyl (C=O) groups is 1. The third-order valence-electron chi connectivity index (χ3n) is 5.55. The first-order chi connectivity index (χ1) is 14.7. The lowest BCUT2D eigenvalue weighted by Gasteiger charge is -2.43. The summed E-state index contributed by atoms with van der Waals surface area (Å²) >= 11 is 0. The van der Waals surface area contributed by atoms with Crippen molar-refractivity contribution in [2.24, 2.45) is 0 Å². The van der Waals surface area contributed by atoms with Crippen LogP contribution in [0.1, 0.15) is 51.9 Å². The van der Waals surface area contributed by atoms with Crippen LogP contribution in [0.5, 0.6) is 0 Å². The molecular weight excluding hydrogens is 416 g/mol. The molecule has 2 aliphatic heterocycles. The normalized spacial score (nSPS) is 37.5. The van der Waals surface area contributed by atoms with Crippen LogP contribution in [0.3, 0.4) is 0 Å². The molecule has 31 heavy (non-hydrogen) atoms. The molecule has 0 bridgehead atoms. The Labute approximate surface area is 181 Å². The summed E-state index contributed by atoms with van der Waals surface area (Å²) in [4.78, 5) is 10.5. The van der Waals surface area contributed by atoms with Gasteiger partial charge in [-0.3, -0.25) is 4.79 Å². The van der Waals surface area contributed by atoms with Gasteiger partial charge in [0.2, 0.25) is 0 Å². The van der Waals surface area contributed by atoms with Crippen LogP contribution in [0.4, 0.5) is 0 Å². The highest BCUT2D eigenvalue weighted by Crippen LogP contribution is 2.28. The zero-order chi connectivity index (χ0) is 23.0. The van der Waals surface area contributed by atoms with E-state index in [9.17, 15) is 30.3 Å². The predicted molar refractivity (Wildman–Crippen MR) is 105 cm³/mol. The van der Waals surface area contributed by atoms with E-state index in [0.29, 0.717) is 12.8 Å². The number of hydrogen-bond donors (Lipinski definition) is 6. The Morgan fingerprint density at radius 3 is 2.42 bits per heavy atom. The fourth-order valence-corrected chi connectivity index (χ4v) is 3.69. The molecule has 182 valence electrons. The second-order valence-electron chi connectivity index (χ2n) is 8.25. The highest BCUT2D eigenvalue weighted by Gasteiger charge is 2.45. The molecule has 9 unspecified atom stereocenters. The molecule has 2 saturated heterocycles. The highest BCUT2D eigenvalue weighted by molar-refractivity contribution is 5.66. The van der Waals surface area contributed by atoms with Gasteiger partial charge in [-0.05, 0) is 19.8 Å². The standard InChI is InChI=1S/C20H36O11/c1-11(6-4-2-3-5-7-16(25)26)29-20-18(17(27)14(24)10-28-20)31-19-13(23)8-12(22)15(9-21)30-19/h11-15,17-24,27H,2-10H2,1H3,(H,25,26). The molecule has 0 aromatic heterocycles. The number of aliphatic hydroxyl groups is 5. The maximum atomic E-state index is 10.5. The van der Waals surface area contributed by atoms with Gasteiger partial charge >= 0.3 is 5.97 Å². The summed E-state index contributed by atoms with van der Waals surface area (Å²) in [6, 6.07) is 0. The van der Waals surface area contributed by atoms with Gasteiger partial charge in [0.1, 0.15) is 30.5 Å². The number of carboxylic acid groups (broad SMARTS) is 1. The quantitative estimate of drug-likeness (QED) is 0.203. The summed E-state index contributed by atoms with van der Waals surface area (Å²) < 4.78 is 22.5. The Hall–Kier alpha value is -0.890. The van der Waals surface area contributed by atoms with Crippen LogP contribution in [-0.2, 0) is 23.7 Å². The van der Waals surface area contributed by atoms with E-state index in [0.717, 1.165) is 19.3 Å². The molecule has 0 spiro atoms. The molecule has 2 aliphatic rings. The Morgan fingerprint density at radius 2 is 1.74 bits per heavy atom. The molecule has 11 heteroatoms. The number of ether oxygens (including phenoxy) is 4. The summed E-state index contributed by atoms with van der Waals surface area (Å²) in [6.45, 7) is 1.21. The Morgan fingerprint density at radius 1 is 1.03 bits per heavy atom. The van der Waals surface area contributed by atoms with Crippen molar-refractivity contribution in [2.75, 3.05) is 13.2 Å². The van der Waals surface area contributed by atoms with Crippen LogP contribution >= 0.6 is 0 Å². The second kappa shape index (κ2) is 13.0. The number of unbranched alkanes of at least 4 members (excludes halogenated alkanes) is 3. The molecule has 0 aromatic rings. The molecule has 2 fully saturated rings. The largest absolute Gasteiger partial charge is 0.481 e. The smallest absolute Gasteiger partial charge is 0.303 e. The van der Waals surface area contributed by atoms with Crippen molar-refractivity contribution in [3.05, 3.63) is 0 Å². The van der Waals surface area contributed by atoms with Crippen LogP contribution in [0.15, 0.2) is 0 Å². The number of hydrogen-bond acceptors (Lipinski definition) is 10. The van der Waals surface area contributed by atoms with Gasteiger partial charge in [-0.1, -0.05) is 19.3 Å². The van der Waals surface area contributed by atoms with Gasteiger partial charge in [-0.25, -0.2) is 0 Å². The monoisotopic (exact) mass is 452 g/mol. The van der Waals surface area contributed by atoms with Gasteiger partial charge in [-0.15, -0.1) is 0 Å².